The lowest BCUT2D eigenvalue weighted by molar-refractivity contribution is 0.111. The van der Waals surface area contributed by atoms with Gasteiger partial charge in [-0.2, -0.15) is 0 Å². The number of nitrogens with zero attached hydrogens (tertiary/aromatic N) is 2. The van der Waals surface area contributed by atoms with Crippen LogP contribution in [0.5, 0.6) is 0 Å². The fraction of sp³-hybridized carbons (Fsp3) is 0.333. The van der Waals surface area contributed by atoms with Crippen molar-refractivity contribution in [2.45, 2.75) is 5.03 Å². The normalized spacial score (nSPS) is 9.71. The average Bonchev–Trinajstić information content (AvgIpc) is 2.59. The molecule has 0 bridgehead atoms. The van der Waals surface area contributed by atoms with E-state index in [-0.39, 0.29) is 12.2 Å². The maximum atomic E-state index is 10.3. The lowest BCUT2D eigenvalue weighted by Gasteiger charge is -1.97. The molecule has 0 aliphatic heterocycles. The highest BCUT2D eigenvalue weighted by Crippen LogP contribution is 2.16. The van der Waals surface area contributed by atoms with E-state index in [1.54, 1.807) is 0 Å². The third kappa shape index (κ3) is 3.05. The number of carbonyl (C=O) groups is 2. The monoisotopic (exact) mass is 217 g/mol. The summed E-state index contributed by atoms with van der Waals surface area (Å²) in [6, 6.07) is 0. The average molecular weight is 217 g/mol. The zero-order chi connectivity index (χ0) is 10.4. The van der Waals surface area contributed by atoms with Crippen molar-refractivity contribution < 1.29 is 19.3 Å². The van der Waals surface area contributed by atoms with Crippen molar-refractivity contribution in [3.63, 3.8) is 0 Å². The molecule has 0 atom stereocenters. The Morgan fingerprint density at radius 1 is 1.64 bits per heavy atom. The molecule has 1 amide bonds. The summed E-state index contributed by atoms with van der Waals surface area (Å²) in [5.41, 5.74) is 0.130. The van der Waals surface area contributed by atoms with Crippen molar-refractivity contribution in [1.82, 2.24) is 15.6 Å². The van der Waals surface area contributed by atoms with Gasteiger partial charge in [0.25, 0.3) is 0 Å². The second-order valence-electron chi connectivity index (χ2n) is 2.15. The molecular weight excluding hydrogens is 210 g/mol. The second kappa shape index (κ2) is 5.22. The first-order valence-electron chi connectivity index (χ1n) is 3.61. The number of hydrogen-bond acceptors (Lipinski definition) is 6. The van der Waals surface area contributed by atoms with Gasteiger partial charge in [-0.05, 0) is 10.3 Å². The van der Waals surface area contributed by atoms with Gasteiger partial charge in [0.05, 0.1) is 0 Å². The van der Waals surface area contributed by atoms with Crippen LogP contribution in [0, 0.1) is 0 Å². The molecule has 1 rings (SSSR count). The summed E-state index contributed by atoms with van der Waals surface area (Å²) < 4.78 is 4.33. The SMILES string of the molecule is O=Cc1nonc1SCCNC(=O)O. The maximum Gasteiger partial charge on any atom is 0.404 e. The van der Waals surface area contributed by atoms with Crippen molar-refractivity contribution in [3.8, 4) is 0 Å². The Labute approximate surface area is 82.8 Å². The Kier molecular flexibility index (Phi) is 3.92. The van der Waals surface area contributed by atoms with E-state index < -0.39 is 6.09 Å². The van der Waals surface area contributed by atoms with E-state index in [0.717, 1.165) is 0 Å². The van der Waals surface area contributed by atoms with Gasteiger partial charge in [0.1, 0.15) is 0 Å². The van der Waals surface area contributed by atoms with Crippen molar-refractivity contribution >= 4 is 24.1 Å². The van der Waals surface area contributed by atoms with Crippen LogP contribution in [-0.4, -0.2) is 40.1 Å². The van der Waals surface area contributed by atoms with Crippen LogP contribution in [0.4, 0.5) is 4.79 Å². The van der Waals surface area contributed by atoms with E-state index in [0.29, 0.717) is 17.1 Å². The number of thioether (sulfide) groups is 1. The molecule has 0 aromatic carbocycles. The highest BCUT2D eigenvalue weighted by molar-refractivity contribution is 7.99. The summed E-state index contributed by atoms with van der Waals surface area (Å²) in [4.78, 5) is 20.4. The zero-order valence-electron chi connectivity index (χ0n) is 6.97. The van der Waals surface area contributed by atoms with Gasteiger partial charge in [0, 0.05) is 12.3 Å². The van der Waals surface area contributed by atoms with Crippen LogP contribution in [0.3, 0.4) is 0 Å². The van der Waals surface area contributed by atoms with Crippen LogP contribution in [0.15, 0.2) is 9.65 Å². The molecule has 76 valence electrons. The molecule has 14 heavy (non-hydrogen) atoms. The third-order valence-electron chi connectivity index (χ3n) is 1.21. The van der Waals surface area contributed by atoms with E-state index in [2.05, 4.69) is 20.3 Å². The minimum atomic E-state index is -1.08. The van der Waals surface area contributed by atoms with Gasteiger partial charge < -0.3 is 10.4 Å². The number of hydrogen-bond donors (Lipinski definition) is 2. The predicted octanol–water partition coefficient (Wildman–Crippen LogP) is 0.242. The van der Waals surface area contributed by atoms with Gasteiger partial charge >= 0.3 is 6.09 Å². The lowest BCUT2D eigenvalue weighted by atomic mass is 10.5. The standard InChI is InChI=1S/C6H7N3O4S/c10-3-4-5(9-13-8-4)14-2-1-7-6(11)12/h3,7H,1-2H2,(H,11,12). The van der Waals surface area contributed by atoms with Crippen molar-refractivity contribution in [3.05, 3.63) is 5.69 Å². The lowest BCUT2D eigenvalue weighted by Crippen LogP contribution is -2.23. The number of aromatic nitrogens is 2. The van der Waals surface area contributed by atoms with Crippen LogP contribution >= 0.6 is 11.8 Å². The molecule has 2 N–H and O–H groups in total. The quantitative estimate of drug-likeness (QED) is 0.413. The summed E-state index contributed by atoms with van der Waals surface area (Å²) in [6.07, 6.45) is -0.553. The van der Waals surface area contributed by atoms with E-state index >= 15 is 0 Å². The van der Waals surface area contributed by atoms with Gasteiger partial charge in [-0.25, -0.2) is 9.42 Å². The first-order valence-corrected chi connectivity index (χ1v) is 4.60. The summed E-state index contributed by atoms with van der Waals surface area (Å²) in [7, 11) is 0. The minimum absolute atomic E-state index is 0.130. The summed E-state index contributed by atoms with van der Waals surface area (Å²) >= 11 is 1.20. The molecule has 0 unspecified atom stereocenters. The molecule has 0 saturated heterocycles. The van der Waals surface area contributed by atoms with Gasteiger partial charge in [-0.1, -0.05) is 11.8 Å². The first kappa shape index (κ1) is 10.5. The summed E-state index contributed by atoms with van der Waals surface area (Å²) in [5, 5.41) is 17.6. The summed E-state index contributed by atoms with van der Waals surface area (Å²) in [5.74, 6) is 0.460. The van der Waals surface area contributed by atoms with Crippen molar-refractivity contribution in [2.24, 2.45) is 0 Å². The number of nitrogens with one attached hydrogen (secondary N) is 1. The molecule has 0 aliphatic rings. The molecule has 1 aromatic rings. The van der Waals surface area contributed by atoms with Crippen LogP contribution in [0.2, 0.25) is 0 Å². The molecule has 1 heterocycles. The van der Waals surface area contributed by atoms with Gasteiger partial charge in [-0.15, -0.1) is 0 Å². The first-order chi connectivity index (χ1) is 6.74. The number of aldehydes is 1. The maximum absolute atomic E-state index is 10.3. The molecule has 0 spiro atoms. The largest absolute Gasteiger partial charge is 0.465 e. The molecule has 7 nitrogen and oxygen atoms in total. The zero-order valence-corrected chi connectivity index (χ0v) is 7.78. The number of carbonyl (C=O) groups excluding carboxylic acids is 1. The third-order valence-corrected chi connectivity index (χ3v) is 2.18. The number of rotatable bonds is 5. The topological polar surface area (TPSA) is 105 Å². The number of carboxylic acid groups (broad SMARTS) is 1. The number of amides is 1. The molecule has 0 aliphatic carbocycles. The van der Waals surface area contributed by atoms with Crippen LogP contribution in [0.1, 0.15) is 10.5 Å². The Hall–Kier alpha value is -1.57. The Balaban J connectivity index is 2.31. The minimum Gasteiger partial charge on any atom is -0.465 e. The van der Waals surface area contributed by atoms with E-state index in [1.807, 2.05) is 0 Å². The molecule has 1 aromatic heterocycles. The van der Waals surface area contributed by atoms with Crippen LogP contribution in [-0.2, 0) is 0 Å². The molecule has 0 fully saturated rings. The van der Waals surface area contributed by atoms with E-state index in [9.17, 15) is 9.59 Å². The fourth-order valence-electron chi connectivity index (χ4n) is 0.665. The predicted molar refractivity (Wildman–Crippen MR) is 46.4 cm³/mol. The van der Waals surface area contributed by atoms with E-state index in [4.69, 9.17) is 5.11 Å². The highest BCUT2D eigenvalue weighted by atomic mass is 32.2. The van der Waals surface area contributed by atoms with E-state index in [1.165, 1.54) is 11.8 Å². The van der Waals surface area contributed by atoms with Crippen molar-refractivity contribution in [2.75, 3.05) is 12.3 Å². The van der Waals surface area contributed by atoms with Gasteiger partial charge in [-0.3, -0.25) is 4.79 Å². The van der Waals surface area contributed by atoms with Crippen LogP contribution in [0.25, 0.3) is 0 Å². The van der Waals surface area contributed by atoms with Gasteiger partial charge in [0.2, 0.25) is 0 Å². The Morgan fingerprint density at radius 2 is 2.43 bits per heavy atom. The summed E-state index contributed by atoms with van der Waals surface area (Å²) in [6.45, 7) is 0.269. The molecular formula is C6H7N3O4S. The Bertz CT molecular complexity index is 327. The highest BCUT2D eigenvalue weighted by Gasteiger charge is 2.08. The molecule has 8 heteroatoms. The van der Waals surface area contributed by atoms with Crippen LogP contribution < -0.4 is 5.32 Å². The Morgan fingerprint density at radius 3 is 3.07 bits per heavy atom. The molecule has 0 saturated carbocycles. The fourth-order valence-corrected chi connectivity index (χ4v) is 1.38. The molecule has 0 radical (unpaired) electrons. The second-order valence-corrected chi connectivity index (χ2v) is 3.24. The smallest absolute Gasteiger partial charge is 0.404 e. The van der Waals surface area contributed by atoms with Crippen molar-refractivity contribution in [1.29, 1.82) is 0 Å². The van der Waals surface area contributed by atoms with Gasteiger partial charge in [0.15, 0.2) is 17.0 Å².